The first-order valence-corrected chi connectivity index (χ1v) is 23.3. The van der Waals surface area contributed by atoms with Crippen LogP contribution in [0.25, 0.3) is 0 Å². The van der Waals surface area contributed by atoms with Crippen LogP contribution in [0, 0.1) is 17.8 Å². The van der Waals surface area contributed by atoms with Crippen molar-refractivity contribution in [2.75, 3.05) is 86.0 Å². The van der Waals surface area contributed by atoms with Gasteiger partial charge in [-0.15, -0.1) is 6.58 Å². The minimum atomic E-state index is -1.58. The number of anilines is 1. The number of carbonyl (C=O) groups excluding carboxylic acids is 2. The van der Waals surface area contributed by atoms with Crippen molar-refractivity contribution in [2.24, 2.45) is 22.9 Å². The predicted octanol–water partition coefficient (Wildman–Crippen LogP) is 7.24. The molecule has 0 aromatic heterocycles. The number of benzene rings is 3. The molecule has 68 heavy (non-hydrogen) atoms. The number of nitrogens with one attached hydrogen (secondary N) is 1. The molecular weight excluding hydrogens is 879 g/mol. The summed E-state index contributed by atoms with van der Waals surface area (Å²) in [5.74, 6) is -1.09. The molecule has 2 aliphatic carbocycles. The number of methoxy groups -OCH3 is 2. The van der Waals surface area contributed by atoms with Crippen molar-refractivity contribution in [1.82, 2.24) is 4.90 Å². The highest BCUT2D eigenvalue weighted by molar-refractivity contribution is 6.03. The van der Waals surface area contributed by atoms with Crippen LogP contribution in [0.2, 0.25) is 0 Å². The Hall–Kier alpha value is -5.69. The molecule has 0 saturated heterocycles. The number of rotatable bonds is 27. The van der Waals surface area contributed by atoms with Crippen LogP contribution in [0.3, 0.4) is 0 Å². The Balaban J connectivity index is 1.45. The van der Waals surface area contributed by atoms with Gasteiger partial charge in [-0.25, -0.2) is 9.59 Å². The molecule has 6 atom stereocenters. The van der Waals surface area contributed by atoms with Crippen LogP contribution in [0.4, 0.5) is 15.3 Å². The van der Waals surface area contributed by atoms with Gasteiger partial charge in [-0.05, 0) is 79.0 Å². The molecule has 0 bridgehead atoms. The summed E-state index contributed by atoms with van der Waals surface area (Å²) < 4.78 is 48.6. The van der Waals surface area contributed by atoms with Crippen LogP contribution in [0.15, 0.2) is 96.2 Å². The Morgan fingerprint density at radius 3 is 2.38 bits per heavy atom. The van der Waals surface area contributed by atoms with Crippen LogP contribution in [0.1, 0.15) is 62.0 Å². The van der Waals surface area contributed by atoms with Gasteiger partial charge in [-0.2, -0.15) is 0 Å². The second-order valence-electron chi connectivity index (χ2n) is 16.7. The molecule has 4 N–H and O–H groups in total. The number of carbonyl (C=O) groups is 2. The highest BCUT2D eigenvalue weighted by Crippen LogP contribution is 2.62. The van der Waals surface area contributed by atoms with E-state index < -0.39 is 35.9 Å². The quantitative estimate of drug-likeness (QED) is 0.0338. The van der Waals surface area contributed by atoms with E-state index in [1.165, 1.54) is 21.3 Å². The Bertz CT molecular complexity index is 2150. The van der Waals surface area contributed by atoms with Gasteiger partial charge in [0.25, 0.3) is 0 Å². The largest absolute Gasteiger partial charge is 0.497 e. The van der Waals surface area contributed by atoms with Crippen LogP contribution < -0.4 is 24.3 Å². The van der Waals surface area contributed by atoms with Crippen LogP contribution in [-0.2, 0) is 30.4 Å². The molecule has 1 saturated carbocycles. The maximum atomic E-state index is 14.6. The van der Waals surface area contributed by atoms with E-state index in [0.717, 1.165) is 29.5 Å². The van der Waals surface area contributed by atoms with Gasteiger partial charge in [0.2, 0.25) is 5.79 Å². The van der Waals surface area contributed by atoms with Crippen molar-refractivity contribution in [3.05, 3.63) is 102 Å². The van der Waals surface area contributed by atoms with Gasteiger partial charge in [-0.1, -0.05) is 60.5 Å². The third-order valence-corrected chi connectivity index (χ3v) is 12.6. The fraction of sp³-hybridized carbons (Fsp3) is 0.510. The zero-order chi connectivity index (χ0) is 48.3. The Morgan fingerprint density at radius 2 is 1.66 bits per heavy atom. The van der Waals surface area contributed by atoms with Gasteiger partial charge in [0, 0.05) is 43.7 Å². The third kappa shape index (κ3) is 12.7. The average molecular weight is 946 g/mol. The lowest BCUT2D eigenvalue weighted by molar-refractivity contribution is -0.256. The van der Waals surface area contributed by atoms with Gasteiger partial charge in [-0.3, -0.25) is 10.2 Å². The molecule has 1 heterocycles. The average Bonchev–Trinajstić information content (AvgIpc) is 3.35. The highest BCUT2D eigenvalue weighted by atomic mass is 16.7. The van der Waals surface area contributed by atoms with E-state index in [-0.39, 0.29) is 83.4 Å². The number of hydrogen-bond donors (Lipinski definition) is 4. The van der Waals surface area contributed by atoms with Crippen molar-refractivity contribution in [1.29, 1.82) is 0 Å². The molecule has 3 aliphatic rings. The number of oxime groups is 1. The van der Waals surface area contributed by atoms with E-state index >= 15 is 0 Å². The van der Waals surface area contributed by atoms with E-state index in [0.29, 0.717) is 60.9 Å². The fourth-order valence-electron chi connectivity index (χ4n) is 9.71. The summed E-state index contributed by atoms with van der Waals surface area (Å²) in [6.07, 6.45) is 6.65. The van der Waals surface area contributed by atoms with E-state index in [4.69, 9.17) is 42.7 Å². The van der Waals surface area contributed by atoms with E-state index in [2.05, 4.69) is 23.1 Å². The molecule has 17 nitrogen and oxygen atoms in total. The topological polar surface area (TPSA) is 206 Å². The van der Waals surface area contributed by atoms with Gasteiger partial charge < -0.3 is 58.1 Å². The number of hydrogen-bond acceptors (Lipinski definition) is 15. The van der Waals surface area contributed by atoms with E-state index in [1.807, 2.05) is 36.4 Å². The highest BCUT2D eigenvalue weighted by Gasteiger charge is 2.65. The lowest BCUT2D eigenvalue weighted by Crippen LogP contribution is -2.70. The molecule has 0 radical (unpaired) electrons. The molecule has 3 aromatic rings. The van der Waals surface area contributed by atoms with Crippen molar-refractivity contribution in [3.63, 3.8) is 0 Å². The summed E-state index contributed by atoms with van der Waals surface area (Å²) in [6.45, 7) is 4.48. The Morgan fingerprint density at radius 1 is 0.882 bits per heavy atom. The first-order chi connectivity index (χ1) is 33.2. The smallest absolute Gasteiger partial charge is 0.417 e. The normalized spacial score (nSPS) is 21.9. The molecule has 370 valence electrons. The molecule has 6 rings (SSSR count). The summed E-state index contributed by atoms with van der Waals surface area (Å²) in [5.41, 5.74) is 3.52. The van der Waals surface area contributed by atoms with E-state index in [9.17, 15) is 24.9 Å². The number of aliphatic hydroxyl groups is 3. The summed E-state index contributed by atoms with van der Waals surface area (Å²) in [5, 5.41) is 36.8. The number of amides is 2. The maximum absolute atomic E-state index is 14.6. The second kappa shape index (κ2) is 26.2. The lowest BCUT2D eigenvalue weighted by atomic mass is 9.55. The summed E-state index contributed by atoms with van der Waals surface area (Å²) in [7, 11) is 4.50. The number of unbranched alkanes of at least 4 members (excludes halogenated alkanes) is 2. The summed E-state index contributed by atoms with van der Waals surface area (Å²) >= 11 is 0. The van der Waals surface area contributed by atoms with Gasteiger partial charge in [0.15, 0.2) is 0 Å². The van der Waals surface area contributed by atoms with Crippen molar-refractivity contribution in [3.8, 4) is 23.0 Å². The molecule has 1 aliphatic heterocycles. The van der Waals surface area contributed by atoms with Crippen LogP contribution >= 0.6 is 0 Å². The van der Waals surface area contributed by atoms with E-state index in [1.54, 1.807) is 41.3 Å². The zero-order valence-corrected chi connectivity index (χ0v) is 39.3. The number of aliphatic hydroxyl groups excluding tert-OH is 3. The summed E-state index contributed by atoms with van der Waals surface area (Å²) in [4.78, 5) is 35.3. The first kappa shape index (κ1) is 51.7. The maximum Gasteiger partial charge on any atom is 0.417 e. The number of allylic oxidation sites excluding steroid dienone is 1. The van der Waals surface area contributed by atoms with Crippen molar-refractivity contribution in [2.45, 2.75) is 69.3 Å². The van der Waals surface area contributed by atoms with Crippen molar-refractivity contribution >= 4 is 23.6 Å². The molecule has 3 aromatic carbocycles. The van der Waals surface area contributed by atoms with Crippen molar-refractivity contribution < 1.29 is 67.6 Å². The third-order valence-electron chi connectivity index (χ3n) is 12.6. The standard InChI is InChI=1S/C51H67N3O14/c1-5-25-66-51-46(54(21-26-63-27-24-57)50(59)65-29-28-64-34-35-13-7-6-8-14-35)33-43(53-62-4)40-30-36(15-9-11-22-55)39(16-10-12-23-56)47(48(40)51)41-31-38(18-20-44(41)68-51)67-49(58)52-42-19-17-37(60-2)32-45(42)61-3/h5-8,13-14,17-20,30-32,36,39,46-48,55-57H,1,9-12,15-16,21-29,33-34H2,2-4H3,(H,52,58). The van der Waals surface area contributed by atoms with Gasteiger partial charge >= 0.3 is 12.2 Å². The number of ether oxygens (including phenoxy) is 8. The minimum absolute atomic E-state index is 0.0225. The molecule has 1 fully saturated rings. The summed E-state index contributed by atoms with van der Waals surface area (Å²) in [6, 6.07) is 19.0. The first-order valence-electron chi connectivity index (χ1n) is 23.3. The molecule has 2 amide bonds. The lowest BCUT2D eigenvalue weighted by Gasteiger charge is -2.59. The SMILES string of the molecule is C=CCOC12Oc3ccc(OC(=O)Nc4ccc(OC)cc4OC)cc3C3C(CCCCO)C(CCCCO)C=C(C(=NOC)CC1N(CCOCCO)C(=O)OCCOCc1ccccc1)C32. The molecule has 0 spiro atoms. The minimum Gasteiger partial charge on any atom is -0.497 e. The molecular formula is C51H67N3O14. The second-order valence-corrected chi connectivity index (χ2v) is 16.7. The fourth-order valence-corrected chi connectivity index (χ4v) is 9.71. The number of nitrogens with zero attached hydrogens (tertiary/aromatic N) is 2. The predicted molar refractivity (Wildman–Crippen MR) is 253 cm³/mol. The zero-order valence-electron chi connectivity index (χ0n) is 39.3. The Kier molecular flexibility index (Phi) is 19.9. The number of fused-ring (bicyclic) bond motifs is 2. The van der Waals surface area contributed by atoms with Crippen LogP contribution in [-0.4, -0.2) is 131 Å². The van der Waals surface area contributed by atoms with Gasteiger partial charge in [0.1, 0.15) is 42.8 Å². The molecule has 17 heteroatoms. The Labute approximate surface area is 398 Å². The molecule has 6 unspecified atom stereocenters. The van der Waals surface area contributed by atoms with Crippen LogP contribution in [0.5, 0.6) is 23.0 Å². The monoisotopic (exact) mass is 945 g/mol. The van der Waals surface area contributed by atoms with Gasteiger partial charge in [0.05, 0.1) is 71.2 Å².